The SMILES string of the molecule is CSCCC(NC(=O)CN)C(=O)NC(Cc1ccccc1)C(=O)NC(C)C(=O)O. The van der Waals surface area contributed by atoms with E-state index in [1.807, 2.05) is 12.3 Å². The third-order valence-corrected chi connectivity index (χ3v) is 4.74. The second-order valence-corrected chi connectivity index (χ2v) is 7.41. The zero-order valence-electron chi connectivity index (χ0n) is 16.5. The van der Waals surface area contributed by atoms with E-state index in [4.69, 9.17) is 10.8 Å². The summed E-state index contributed by atoms with van der Waals surface area (Å²) in [6.45, 7) is 1.08. The van der Waals surface area contributed by atoms with Crippen molar-refractivity contribution in [1.82, 2.24) is 16.0 Å². The Bertz CT molecular complexity index is 701. The van der Waals surface area contributed by atoms with Gasteiger partial charge in [-0.05, 0) is 30.9 Å². The summed E-state index contributed by atoms with van der Waals surface area (Å²) in [5, 5.41) is 16.6. The van der Waals surface area contributed by atoms with Gasteiger partial charge in [-0.3, -0.25) is 19.2 Å². The van der Waals surface area contributed by atoms with Crippen LogP contribution in [-0.2, 0) is 25.6 Å². The molecule has 0 aliphatic heterocycles. The van der Waals surface area contributed by atoms with Gasteiger partial charge < -0.3 is 26.8 Å². The topological polar surface area (TPSA) is 151 Å². The van der Waals surface area contributed by atoms with Crippen LogP contribution in [0.4, 0.5) is 0 Å². The Morgan fingerprint density at radius 3 is 2.21 bits per heavy atom. The van der Waals surface area contributed by atoms with Gasteiger partial charge in [0.25, 0.3) is 0 Å². The van der Waals surface area contributed by atoms with Crippen molar-refractivity contribution in [3.63, 3.8) is 0 Å². The van der Waals surface area contributed by atoms with Crippen LogP contribution in [0.1, 0.15) is 18.9 Å². The van der Waals surface area contributed by atoms with Crippen LogP contribution in [0.15, 0.2) is 30.3 Å². The Hall–Kier alpha value is -2.59. The molecular formula is C19H28N4O5S. The number of carboxylic acids is 1. The van der Waals surface area contributed by atoms with Crippen LogP contribution < -0.4 is 21.7 Å². The van der Waals surface area contributed by atoms with Gasteiger partial charge in [0.2, 0.25) is 17.7 Å². The fraction of sp³-hybridized carbons (Fsp3) is 0.474. The predicted molar refractivity (Wildman–Crippen MR) is 111 cm³/mol. The van der Waals surface area contributed by atoms with Crippen molar-refractivity contribution in [2.75, 3.05) is 18.6 Å². The average molecular weight is 425 g/mol. The van der Waals surface area contributed by atoms with Crippen LogP contribution in [0, 0.1) is 0 Å². The third kappa shape index (κ3) is 8.97. The molecule has 29 heavy (non-hydrogen) atoms. The first-order valence-corrected chi connectivity index (χ1v) is 10.5. The van der Waals surface area contributed by atoms with Crippen LogP contribution in [0.3, 0.4) is 0 Å². The van der Waals surface area contributed by atoms with E-state index in [2.05, 4.69) is 16.0 Å². The minimum atomic E-state index is -1.18. The summed E-state index contributed by atoms with van der Waals surface area (Å²) in [6.07, 6.45) is 2.41. The van der Waals surface area contributed by atoms with Crippen molar-refractivity contribution in [2.45, 2.75) is 37.9 Å². The molecule has 0 saturated heterocycles. The van der Waals surface area contributed by atoms with Crippen LogP contribution in [-0.4, -0.2) is 65.5 Å². The van der Waals surface area contributed by atoms with E-state index in [-0.39, 0.29) is 13.0 Å². The highest BCUT2D eigenvalue weighted by atomic mass is 32.2. The Labute approximate surface area is 174 Å². The summed E-state index contributed by atoms with van der Waals surface area (Å²) in [7, 11) is 0. The van der Waals surface area contributed by atoms with Gasteiger partial charge in [0.05, 0.1) is 6.54 Å². The van der Waals surface area contributed by atoms with Gasteiger partial charge in [0, 0.05) is 6.42 Å². The number of carbonyl (C=O) groups is 4. The van der Waals surface area contributed by atoms with Gasteiger partial charge in [0.1, 0.15) is 18.1 Å². The number of thioether (sulfide) groups is 1. The lowest BCUT2D eigenvalue weighted by atomic mass is 10.0. The number of nitrogens with two attached hydrogens (primary N) is 1. The number of nitrogens with one attached hydrogen (secondary N) is 3. The third-order valence-electron chi connectivity index (χ3n) is 4.09. The summed E-state index contributed by atoms with van der Waals surface area (Å²) in [5.41, 5.74) is 6.11. The average Bonchev–Trinajstić information content (AvgIpc) is 2.70. The molecule has 0 fully saturated rings. The molecule has 9 nitrogen and oxygen atoms in total. The fourth-order valence-electron chi connectivity index (χ4n) is 2.46. The van der Waals surface area contributed by atoms with E-state index < -0.39 is 41.8 Å². The minimum absolute atomic E-state index is 0.171. The number of carboxylic acid groups (broad SMARTS) is 1. The molecule has 0 heterocycles. The van der Waals surface area contributed by atoms with E-state index in [0.717, 1.165) is 5.56 Å². The molecule has 1 aromatic carbocycles. The van der Waals surface area contributed by atoms with Gasteiger partial charge in [-0.15, -0.1) is 0 Å². The Balaban J connectivity index is 2.96. The Morgan fingerprint density at radius 1 is 1.03 bits per heavy atom. The molecule has 0 aromatic heterocycles. The van der Waals surface area contributed by atoms with Crippen LogP contribution in [0.5, 0.6) is 0 Å². The normalized spacial score (nSPS) is 13.6. The van der Waals surface area contributed by atoms with Crippen LogP contribution in [0.2, 0.25) is 0 Å². The molecular weight excluding hydrogens is 396 g/mol. The summed E-state index contributed by atoms with van der Waals surface area (Å²) in [6, 6.07) is 6.07. The maximum atomic E-state index is 12.8. The molecule has 0 saturated carbocycles. The Morgan fingerprint density at radius 2 is 1.66 bits per heavy atom. The van der Waals surface area contributed by atoms with Crippen molar-refractivity contribution >= 4 is 35.5 Å². The van der Waals surface area contributed by atoms with E-state index in [9.17, 15) is 19.2 Å². The molecule has 10 heteroatoms. The lowest BCUT2D eigenvalue weighted by molar-refractivity contribution is -0.141. The molecule has 3 amide bonds. The largest absolute Gasteiger partial charge is 0.480 e. The second kappa shape index (κ2) is 12.8. The molecule has 0 radical (unpaired) electrons. The molecule has 3 unspecified atom stereocenters. The van der Waals surface area contributed by atoms with Crippen molar-refractivity contribution in [1.29, 1.82) is 0 Å². The van der Waals surface area contributed by atoms with Crippen molar-refractivity contribution < 1.29 is 24.3 Å². The first-order valence-electron chi connectivity index (χ1n) is 9.14. The first kappa shape index (κ1) is 24.4. The quantitative estimate of drug-likeness (QED) is 0.303. The van der Waals surface area contributed by atoms with E-state index in [1.165, 1.54) is 18.7 Å². The van der Waals surface area contributed by atoms with E-state index >= 15 is 0 Å². The van der Waals surface area contributed by atoms with Gasteiger partial charge in [-0.25, -0.2) is 0 Å². The van der Waals surface area contributed by atoms with Gasteiger partial charge in [-0.2, -0.15) is 11.8 Å². The van der Waals surface area contributed by atoms with Crippen LogP contribution in [0.25, 0.3) is 0 Å². The maximum absolute atomic E-state index is 12.8. The summed E-state index contributed by atoms with van der Waals surface area (Å²) in [4.78, 5) is 48.1. The van der Waals surface area contributed by atoms with Crippen molar-refractivity contribution in [3.8, 4) is 0 Å². The summed E-state index contributed by atoms with van der Waals surface area (Å²) < 4.78 is 0. The minimum Gasteiger partial charge on any atom is -0.480 e. The van der Waals surface area contributed by atoms with Crippen molar-refractivity contribution in [2.24, 2.45) is 5.73 Å². The molecule has 3 atom stereocenters. The summed E-state index contributed by atoms with van der Waals surface area (Å²) >= 11 is 1.51. The van der Waals surface area contributed by atoms with Crippen LogP contribution >= 0.6 is 11.8 Å². The molecule has 1 aromatic rings. The van der Waals surface area contributed by atoms with Gasteiger partial charge in [-0.1, -0.05) is 30.3 Å². The molecule has 0 aliphatic rings. The lowest BCUT2D eigenvalue weighted by Crippen LogP contribution is -2.56. The standard InChI is InChI=1S/C19H28N4O5S/c1-12(19(27)28)21-18(26)15(10-13-6-4-3-5-7-13)23-17(25)14(8-9-29-2)22-16(24)11-20/h3-7,12,14-15H,8-11,20H2,1-2H3,(H,21,26)(H,22,24)(H,23,25)(H,27,28). The number of hydrogen-bond donors (Lipinski definition) is 5. The Kier molecular flexibility index (Phi) is 10.8. The molecule has 0 spiro atoms. The zero-order valence-corrected chi connectivity index (χ0v) is 17.3. The number of aliphatic carboxylic acids is 1. The highest BCUT2D eigenvalue weighted by molar-refractivity contribution is 7.98. The number of benzene rings is 1. The van der Waals surface area contributed by atoms with Crippen molar-refractivity contribution in [3.05, 3.63) is 35.9 Å². The molecule has 160 valence electrons. The number of carbonyl (C=O) groups excluding carboxylic acids is 3. The predicted octanol–water partition coefficient (Wildman–Crippen LogP) is -0.500. The number of rotatable bonds is 12. The van der Waals surface area contributed by atoms with Gasteiger partial charge >= 0.3 is 5.97 Å². The molecule has 1 rings (SSSR count). The lowest BCUT2D eigenvalue weighted by Gasteiger charge is -2.24. The second-order valence-electron chi connectivity index (χ2n) is 6.43. The molecule has 0 bridgehead atoms. The van der Waals surface area contributed by atoms with E-state index in [0.29, 0.717) is 12.2 Å². The monoisotopic (exact) mass is 424 g/mol. The van der Waals surface area contributed by atoms with Gasteiger partial charge in [0.15, 0.2) is 0 Å². The fourth-order valence-corrected chi connectivity index (χ4v) is 2.94. The zero-order chi connectivity index (χ0) is 21.8. The highest BCUT2D eigenvalue weighted by Gasteiger charge is 2.28. The highest BCUT2D eigenvalue weighted by Crippen LogP contribution is 2.06. The number of amides is 3. The molecule has 6 N–H and O–H groups in total. The smallest absolute Gasteiger partial charge is 0.325 e. The number of hydrogen-bond acceptors (Lipinski definition) is 6. The van der Waals surface area contributed by atoms with E-state index in [1.54, 1.807) is 24.3 Å². The summed E-state index contributed by atoms with van der Waals surface area (Å²) in [5.74, 6) is -2.19. The first-order chi connectivity index (χ1) is 13.8. The molecule has 0 aliphatic carbocycles. The maximum Gasteiger partial charge on any atom is 0.325 e.